The van der Waals surface area contributed by atoms with Crippen LogP contribution in [0.4, 0.5) is 0 Å². The van der Waals surface area contributed by atoms with Gasteiger partial charge >= 0.3 is 0 Å². The lowest BCUT2D eigenvalue weighted by Crippen LogP contribution is -2.49. The van der Waals surface area contributed by atoms with Crippen molar-refractivity contribution in [2.75, 3.05) is 6.26 Å². The van der Waals surface area contributed by atoms with Crippen LogP contribution >= 0.6 is 0 Å². The number of hydroxylamine groups is 1. The molecule has 2 aromatic heterocycles. The van der Waals surface area contributed by atoms with Gasteiger partial charge in [-0.3, -0.25) is 14.8 Å². The third-order valence-electron chi connectivity index (χ3n) is 4.66. The average Bonchev–Trinajstić information content (AvgIpc) is 2.65. The van der Waals surface area contributed by atoms with Crippen molar-refractivity contribution in [1.29, 1.82) is 0 Å². The van der Waals surface area contributed by atoms with E-state index < -0.39 is 20.5 Å². The summed E-state index contributed by atoms with van der Waals surface area (Å²) in [6.07, 6.45) is 3.75. The van der Waals surface area contributed by atoms with E-state index >= 15 is 0 Å². The number of ether oxygens (including phenoxy) is 1. The highest BCUT2D eigenvalue weighted by Gasteiger charge is 2.43. The van der Waals surface area contributed by atoms with Crippen molar-refractivity contribution in [3.8, 4) is 17.0 Å². The number of sulfone groups is 1. The first kappa shape index (κ1) is 22.6. The SMILES string of the molecule is CC(C)Oc1ncccc1-c1ccn(CCC(C)(C(=O)NO)S(C)(=O)=O)c(=O)c1. The molecular formula is C19H25N3O6S. The normalized spacial score (nSPS) is 13.7. The number of carbonyl (C=O) groups is 1. The van der Waals surface area contributed by atoms with Gasteiger partial charge in [-0.2, -0.15) is 0 Å². The van der Waals surface area contributed by atoms with Crippen LogP contribution in [0.2, 0.25) is 0 Å². The highest BCUT2D eigenvalue weighted by Crippen LogP contribution is 2.27. The molecule has 2 rings (SSSR count). The van der Waals surface area contributed by atoms with Gasteiger partial charge in [-0.25, -0.2) is 18.9 Å². The van der Waals surface area contributed by atoms with Crippen molar-refractivity contribution in [2.45, 2.75) is 44.6 Å². The van der Waals surface area contributed by atoms with Gasteiger partial charge in [0, 0.05) is 36.8 Å². The number of hydrogen-bond donors (Lipinski definition) is 2. The van der Waals surface area contributed by atoms with E-state index in [1.54, 1.807) is 24.4 Å². The number of nitrogens with zero attached hydrogens (tertiary/aromatic N) is 2. The minimum atomic E-state index is -3.84. The first-order valence-electron chi connectivity index (χ1n) is 8.96. The molecule has 29 heavy (non-hydrogen) atoms. The second-order valence-electron chi connectivity index (χ2n) is 7.16. The van der Waals surface area contributed by atoms with Gasteiger partial charge in [-0.15, -0.1) is 0 Å². The largest absolute Gasteiger partial charge is 0.475 e. The summed E-state index contributed by atoms with van der Waals surface area (Å²) in [5.74, 6) is -0.639. The standard InChI is InChI=1S/C19H25N3O6S/c1-13(2)28-17-15(6-5-9-20-17)14-7-10-22(16(23)12-14)11-8-19(3,18(24)21-25)29(4,26)27/h5-7,9-10,12-13,25H,8,11H2,1-4H3,(H,21,24). The lowest BCUT2D eigenvalue weighted by Gasteiger charge is -2.25. The van der Waals surface area contributed by atoms with Gasteiger partial charge < -0.3 is 9.30 Å². The lowest BCUT2D eigenvalue weighted by molar-refractivity contribution is -0.131. The van der Waals surface area contributed by atoms with Crippen LogP contribution in [0, 0.1) is 0 Å². The molecule has 0 aliphatic carbocycles. The van der Waals surface area contributed by atoms with Crippen LogP contribution in [0.5, 0.6) is 5.88 Å². The van der Waals surface area contributed by atoms with Crippen LogP contribution in [0.1, 0.15) is 27.2 Å². The Hall–Kier alpha value is -2.72. The van der Waals surface area contributed by atoms with Crippen molar-refractivity contribution in [1.82, 2.24) is 15.0 Å². The van der Waals surface area contributed by atoms with E-state index in [1.807, 2.05) is 13.8 Å². The van der Waals surface area contributed by atoms with Crippen molar-refractivity contribution in [3.05, 3.63) is 47.0 Å². The van der Waals surface area contributed by atoms with E-state index in [-0.39, 0.29) is 24.6 Å². The fourth-order valence-corrected chi connectivity index (χ4v) is 3.55. The molecule has 0 fully saturated rings. The Morgan fingerprint density at radius 3 is 2.62 bits per heavy atom. The van der Waals surface area contributed by atoms with E-state index in [4.69, 9.17) is 9.94 Å². The maximum atomic E-state index is 12.6. The smallest absolute Gasteiger partial charge is 0.264 e. The highest BCUT2D eigenvalue weighted by molar-refractivity contribution is 7.92. The van der Waals surface area contributed by atoms with E-state index in [2.05, 4.69) is 4.98 Å². The first-order valence-corrected chi connectivity index (χ1v) is 10.9. The molecule has 10 heteroatoms. The number of nitrogens with one attached hydrogen (secondary N) is 1. The quantitative estimate of drug-likeness (QED) is 0.485. The monoisotopic (exact) mass is 423 g/mol. The van der Waals surface area contributed by atoms with Crippen LogP contribution in [-0.4, -0.2) is 46.2 Å². The second-order valence-corrected chi connectivity index (χ2v) is 9.61. The summed E-state index contributed by atoms with van der Waals surface area (Å²) in [5, 5.41) is 8.89. The second kappa shape index (κ2) is 8.75. The number of aromatic nitrogens is 2. The number of carbonyl (C=O) groups excluding carboxylic acids is 1. The van der Waals surface area contributed by atoms with Crippen molar-refractivity contribution in [2.24, 2.45) is 0 Å². The number of hydrogen-bond acceptors (Lipinski definition) is 7. The van der Waals surface area contributed by atoms with Gasteiger partial charge in [0.25, 0.3) is 11.5 Å². The van der Waals surface area contributed by atoms with Crippen molar-refractivity contribution >= 4 is 15.7 Å². The van der Waals surface area contributed by atoms with Crippen LogP contribution in [0.15, 0.2) is 41.5 Å². The van der Waals surface area contributed by atoms with E-state index in [0.717, 1.165) is 6.26 Å². The Morgan fingerprint density at radius 2 is 2.07 bits per heavy atom. The predicted molar refractivity (Wildman–Crippen MR) is 107 cm³/mol. The molecule has 0 bridgehead atoms. The summed E-state index contributed by atoms with van der Waals surface area (Å²) in [4.78, 5) is 28.7. The molecule has 1 atom stereocenters. The molecule has 0 aliphatic rings. The zero-order valence-electron chi connectivity index (χ0n) is 16.7. The van der Waals surface area contributed by atoms with Gasteiger partial charge in [0.1, 0.15) is 0 Å². The van der Waals surface area contributed by atoms with Gasteiger partial charge in [0.15, 0.2) is 14.6 Å². The topological polar surface area (TPSA) is 128 Å². The number of amides is 1. The predicted octanol–water partition coefficient (Wildman–Crippen LogP) is 1.40. The fourth-order valence-electron chi connectivity index (χ4n) is 2.71. The van der Waals surface area contributed by atoms with E-state index in [1.165, 1.54) is 29.2 Å². The molecule has 2 heterocycles. The minimum absolute atomic E-state index is 0.0293. The lowest BCUT2D eigenvalue weighted by atomic mass is 10.1. The summed E-state index contributed by atoms with van der Waals surface area (Å²) >= 11 is 0. The summed E-state index contributed by atoms with van der Waals surface area (Å²) < 4.78 is 29.2. The van der Waals surface area contributed by atoms with Gasteiger partial charge in [0.2, 0.25) is 5.88 Å². The molecule has 0 saturated carbocycles. The van der Waals surface area contributed by atoms with Gasteiger partial charge in [0.05, 0.1) is 6.10 Å². The molecule has 0 aromatic carbocycles. The Morgan fingerprint density at radius 1 is 1.38 bits per heavy atom. The van der Waals surface area contributed by atoms with Gasteiger partial charge in [-0.05, 0) is 51.0 Å². The van der Waals surface area contributed by atoms with Crippen LogP contribution in [0.3, 0.4) is 0 Å². The number of rotatable bonds is 8. The molecule has 9 nitrogen and oxygen atoms in total. The van der Waals surface area contributed by atoms with Gasteiger partial charge in [-0.1, -0.05) is 0 Å². The summed E-state index contributed by atoms with van der Waals surface area (Å²) in [5.41, 5.74) is 2.28. The Kier molecular flexibility index (Phi) is 6.81. The Labute approximate surface area is 169 Å². The molecule has 158 valence electrons. The Bertz CT molecular complexity index is 1050. The maximum Gasteiger partial charge on any atom is 0.264 e. The summed E-state index contributed by atoms with van der Waals surface area (Å²) in [7, 11) is -3.84. The third-order valence-corrected chi connectivity index (χ3v) is 6.68. The number of pyridine rings is 2. The zero-order valence-corrected chi connectivity index (χ0v) is 17.6. The van der Waals surface area contributed by atoms with Crippen molar-refractivity contribution < 1.29 is 23.2 Å². The fraction of sp³-hybridized carbons (Fsp3) is 0.421. The summed E-state index contributed by atoms with van der Waals surface area (Å²) in [6.45, 7) is 4.92. The molecule has 0 radical (unpaired) electrons. The first-order chi connectivity index (χ1) is 13.5. The molecule has 0 saturated heterocycles. The van der Waals surface area contributed by atoms with Crippen LogP contribution in [0.25, 0.3) is 11.1 Å². The van der Waals surface area contributed by atoms with E-state index in [0.29, 0.717) is 17.0 Å². The summed E-state index contributed by atoms with van der Waals surface area (Å²) in [6, 6.07) is 6.61. The molecule has 0 aliphatic heterocycles. The van der Waals surface area contributed by atoms with Crippen LogP contribution < -0.4 is 15.8 Å². The molecule has 1 amide bonds. The molecular weight excluding hydrogens is 398 g/mol. The maximum absolute atomic E-state index is 12.6. The Balaban J connectivity index is 2.32. The molecule has 1 unspecified atom stereocenters. The molecule has 2 aromatic rings. The average molecular weight is 423 g/mol. The zero-order chi connectivity index (χ0) is 21.8. The van der Waals surface area contributed by atoms with Crippen LogP contribution in [-0.2, 0) is 21.2 Å². The highest BCUT2D eigenvalue weighted by atomic mass is 32.2. The van der Waals surface area contributed by atoms with E-state index in [9.17, 15) is 18.0 Å². The minimum Gasteiger partial charge on any atom is -0.475 e. The molecule has 2 N–H and O–H groups in total. The third kappa shape index (κ3) is 5.01. The molecule has 0 spiro atoms. The van der Waals surface area contributed by atoms with Crippen molar-refractivity contribution in [3.63, 3.8) is 0 Å². The number of aryl methyl sites for hydroxylation is 1.